The number of benzene rings is 1. The monoisotopic (exact) mass is 400 g/mol. The summed E-state index contributed by atoms with van der Waals surface area (Å²) in [7, 11) is 0. The van der Waals surface area contributed by atoms with E-state index in [0.29, 0.717) is 12.4 Å². The molecule has 0 spiro atoms. The van der Waals surface area contributed by atoms with Gasteiger partial charge in [-0.3, -0.25) is 0 Å². The lowest BCUT2D eigenvalue weighted by molar-refractivity contribution is 0.0512. The van der Waals surface area contributed by atoms with E-state index in [2.05, 4.69) is 15.3 Å². The van der Waals surface area contributed by atoms with Crippen LogP contribution in [0, 0.1) is 6.92 Å². The lowest BCUT2D eigenvalue weighted by Crippen LogP contribution is -2.42. The molecule has 1 heterocycles. The van der Waals surface area contributed by atoms with Crippen LogP contribution in [0.2, 0.25) is 0 Å². The molecule has 1 aliphatic carbocycles. The third-order valence-electron chi connectivity index (χ3n) is 4.45. The molecule has 1 fully saturated rings. The van der Waals surface area contributed by atoms with Crippen LogP contribution in [0.3, 0.4) is 0 Å². The van der Waals surface area contributed by atoms with E-state index in [9.17, 15) is 4.79 Å². The molecular weight excluding hydrogens is 375 g/mol. The molecule has 26 heavy (non-hydrogen) atoms. The van der Waals surface area contributed by atoms with Gasteiger partial charge in [-0.1, -0.05) is 24.5 Å². The van der Waals surface area contributed by atoms with Crippen LogP contribution < -0.4 is 11.1 Å². The fourth-order valence-corrected chi connectivity index (χ4v) is 3.15. The van der Waals surface area contributed by atoms with E-state index in [0.717, 1.165) is 42.1 Å². The predicted molar refractivity (Wildman–Crippen MR) is 109 cm³/mol. The Morgan fingerprint density at radius 2 is 2.00 bits per heavy atom. The third kappa shape index (κ3) is 4.96. The summed E-state index contributed by atoms with van der Waals surface area (Å²) in [6, 6.07) is 6.16. The lowest BCUT2D eigenvalue weighted by atomic mass is 9.91. The number of anilines is 1. The number of hydrogen-bond acceptors (Lipinski definition) is 6. The minimum Gasteiger partial charge on any atom is -0.460 e. The molecule has 1 aliphatic rings. The van der Waals surface area contributed by atoms with Crippen molar-refractivity contribution in [1.29, 1.82) is 0 Å². The Morgan fingerprint density at radius 3 is 2.69 bits per heavy atom. The van der Waals surface area contributed by atoms with Crippen molar-refractivity contribution in [3.63, 3.8) is 0 Å². The van der Waals surface area contributed by atoms with Crippen molar-refractivity contribution in [3.05, 3.63) is 29.6 Å². The van der Waals surface area contributed by atoms with E-state index in [1.165, 1.54) is 0 Å². The molecule has 1 saturated carbocycles. The first kappa shape index (κ1) is 22.4. The van der Waals surface area contributed by atoms with Gasteiger partial charge in [0.05, 0.1) is 12.1 Å². The highest BCUT2D eigenvalue weighted by Crippen LogP contribution is 2.26. The first-order chi connectivity index (χ1) is 11.6. The van der Waals surface area contributed by atoms with Gasteiger partial charge in [0.25, 0.3) is 0 Å². The molecule has 6 nitrogen and oxygen atoms in total. The second-order valence-electron chi connectivity index (χ2n) is 6.34. The molecule has 0 unspecified atom stereocenters. The molecule has 3 N–H and O–H groups in total. The standard InChI is InChI=1S/C18H24N4O2.2ClH/c1-3-24-18(23)17-20-14-9-8-11(2)10-12(14)16(22-17)21-15-7-5-4-6-13(15)19;;/h8-10,13,15H,3-7,19H2,1-2H3,(H,20,21,22);2*1H/t13-,15+;;/m1../s1. The van der Waals surface area contributed by atoms with Crippen LogP contribution in [0.15, 0.2) is 18.2 Å². The number of nitrogens with two attached hydrogens (primary N) is 1. The lowest BCUT2D eigenvalue weighted by Gasteiger charge is -2.30. The maximum absolute atomic E-state index is 12.1. The number of esters is 1. The SMILES string of the molecule is CCOC(=O)c1nc(N[C@H]2CCCC[C@H]2N)c2cc(C)ccc2n1.Cl.Cl. The summed E-state index contributed by atoms with van der Waals surface area (Å²) in [5.41, 5.74) is 8.09. The Kier molecular flexibility index (Phi) is 8.53. The van der Waals surface area contributed by atoms with E-state index in [-0.39, 0.29) is 42.7 Å². The van der Waals surface area contributed by atoms with Gasteiger partial charge in [-0.25, -0.2) is 14.8 Å². The fourth-order valence-electron chi connectivity index (χ4n) is 3.15. The highest BCUT2D eigenvalue weighted by atomic mass is 35.5. The summed E-state index contributed by atoms with van der Waals surface area (Å²) in [4.78, 5) is 20.9. The van der Waals surface area contributed by atoms with Crippen LogP contribution in [0.25, 0.3) is 10.9 Å². The molecule has 0 amide bonds. The van der Waals surface area contributed by atoms with Gasteiger partial charge < -0.3 is 15.8 Å². The van der Waals surface area contributed by atoms with Crippen molar-refractivity contribution >= 4 is 47.5 Å². The summed E-state index contributed by atoms with van der Waals surface area (Å²) in [6.07, 6.45) is 4.33. The highest BCUT2D eigenvalue weighted by Gasteiger charge is 2.24. The minimum atomic E-state index is -0.504. The van der Waals surface area contributed by atoms with Crippen LogP contribution in [0.4, 0.5) is 5.82 Å². The molecule has 0 saturated heterocycles. The number of carbonyl (C=O) groups is 1. The van der Waals surface area contributed by atoms with E-state index < -0.39 is 5.97 Å². The Balaban J connectivity index is 0.00000169. The van der Waals surface area contributed by atoms with E-state index in [1.807, 2.05) is 25.1 Å². The second kappa shape index (κ2) is 9.90. The number of aryl methyl sites for hydroxylation is 1. The Labute approximate surface area is 166 Å². The van der Waals surface area contributed by atoms with Gasteiger partial charge in [0.2, 0.25) is 5.82 Å². The third-order valence-corrected chi connectivity index (χ3v) is 4.45. The first-order valence-corrected chi connectivity index (χ1v) is 8.56. The molecule has 0 aliphatic heterocycles. The molecule has 8 heteroatoms. The van der Waals surface area contributed by atoms with Gasteiger partial charge in [0, 0.05) is 17.5 Å². The second-order valence-corrected chi connectivity index (χ2v) is 6.34. The van der Waals surface area contributed by atoms with E-state index in [1.54, 1.807) is 6.92 Å². The number of carbonyl (C=O) groups excluding carboxylic acids is 1. The summed E-state index contributed by atoms with van der Waals surface area (Å²) in [6.45, 7) is 4.09. The summed E-state index contributed by atoms with van der Waals surface area (Å²) in [5.74, 6) is 0.241. The first-order valence-electron chi connectivity index (χ1n) is 8.56. The van der Waals surface area contributed by atoms with Crippen LogP contribution in [-0.2, 0) is 4.74 Å². The number of rotatable bonds is 4. The summed E-state index contributed by atoms with van der Waals surface area (Å²) in [5, 5.41) is 4.36. The van der Waals surface area contributed by atoms with Crippen molar-refractivity contribution in [2.75, 3.05) is 11.9 Å². The van der Waals surface area contributed by atoms with Gasteiger partial charge in [-0.05, 0) is 38.8 Å². The minimum absolute atomic E-state index is 0. The van der Waals surface area contributed by atoms with Gasteiger partial charge in [0.1, 0.15) is 5.82 Å². The van der Waals surface area contributed by atoms with Crippen LogP contribution in [0.5, 0.6) is 0 Å². The molecule has 1 aromatic carbocycles. The largest absolute Gasteiger partial charge is 0.460 e. The highest BCUT2D eigenvalue weighted by molar-refractivity contribution is 5.94. The normalized spacial score (nSPS) is 19.2. The van der Waals surface area contributed by atoms with Gasteiger partial charge in [0.15, 0.2) is 0 Å². The van der Waals surface area contributed by atoms with Gasteiger partial charge >= 0.3 is 5.97 Å². The molecule has 0 bridgehead atoms. The zero-order valence-electron chi connectivity index (χ0n) is 15.0. The number of hydrogen-bond donors (Lipinski definition) is 2. The number of fused-ring (bicyclic) bond motifs is 1. The number of ether oxygens (including phenoxy) is 1. The molecule has 2 atom stereocenters. The average Bonchev–Trinajstić information content (AvgIpc) is 2.57. The van der Waals surface area contributed by atoms with E-state index in [4.69, 9.17) is 10.5 Å². The maximum atomic E-state index is 12.1. The van der Waals surface area contributed by atoms with Crippen LogP contribution in [0.1, 0.15) is 48.8 Å². The van der Waals surface area contributed by atoms with Gasteiger partial charge in [-0.2, -0.15) is 0 Å². The zero-order chi connectivity index (χ0) is 17.1. The molecule has 144 valence electrons. The number of aromatic nitrogens is 2. The van der Waals surface area contributed by atoms with Crippen LogP contribution in [-0.4, -0.2) is 34.6 Å². The van der Waals surface area contributed by atoms with Gasteiger partial charge in [-0.15, -0.1) is 24.8 Å². The van der Waals surface area contributed by atoms with Crippen LogP contribution >= 0.6 is 24.8 Å². The molecule has 1 aromatic heterocycles. The quantitative estimate of drug-likeness (QED) is 0.761. The average molecular weight is 401 g/mol. The summed E-state index contributed by atoms with van der Waals surface area (Å²) >= 11 is 0. The van der Waals surface area contributed by atoms with Crippen molar-refractivity contribution in [2.24, 2.45) is 5.73 Å². The molecule has 2 aromatic rings. The fraction of sp³-hybridized carbons (Fsp3) is 0.500. The number of halogens is 2. The van der Waals surface area contributed by atoms with Crippen molar-refractivity contribution in [3.8, 4) is 0 Å². The van der Waals surface area contributed by atoms with Crippen molar-refractivity contribution < 1.29 is 9.53 Å². The van der Waals surface area contributed by atoms with E-state index >= 15 is 0 Å². The predicted octanol–water partition coefficient (Wildman–Crippen LogP) is 3.64. The molecule has 0 radical (unpaired) electrons. The smallest absolute Gasteiger partial charge is 0.376 e. The molecular formula is C18H26Cl2N4O2. The Bertz CT molecular complexity index is 757. The topological polar surface area (TPSA) is 90.1 Å². The van der Waals surface area contributed by atoms with Crippen molar-refractivity contribution in [1.82, 2.24) is 9.97 Å². The summed E-state index contributed by atoms with van der Waals surface area (Å²) < 4.78 is 5.05. The maximum Gasteiger partial charge on any atom is 0.376 e. The Morgan fingerprint density at radius 1 is 1.27 bits per heavy atom. The molecule has 3 rings (SSSR count). The zero-order valence-corrected chi connectivity index (χ0v) is 16.7. The number of nitrogens with zero attached hydrogens (tertiary/aromatic N) is 2. The Hall–Kier alpha value is -1.63. The van der Waals surface area contributed by atoms with Crippen molar-refractivity contribution in [2.45, 2.75) is 51.6 Å². The number of nitrogens with one attached hydrogen (secondary N) is 1.